The van der Waals surface area contributed by atoms with Gasteiger partial charge in [0.1, 0.15) is 0 Å². The van der Waals surface area contributed by atoms with Gasteiger partial charge in [-0.25, -0.2) is 0 Å². The van der Waals surface area contributed by atoms with Gasteiger partial charge in [0.15, 0.2) is 0 Å². The predicted molar refractivity (Wildman–Crippen MR) is 118 cm³/mol. The minimum Gasteiger partial charge on any atom is -0.287 e. The fourth-order valence-electron chi connectivity index (χ4n) is 4.59. The number of hydrogen-bond donors (Lipinski definition) is 0. The van der Waals surface area contributed by atoms with E-state index >= 15 is 0 Å². The quantitative estimate of drug-likeness (QED) is 0.236. The van der Waals surface area contributed by atoms with E-state index in [-0.39, 0.29) is 0 Å². The fraction of sp³-hybridized carbons (Fsp3) is 1.00. The molecular formula is C24H50N2. The van der Waals surface area contributed by atoms with Crippen molar-refractivity contribution < 1.29 is 0 Å². The summed E-state index contributed by atoms with van der Waals surface area (Å²) in [5.41, 5.74) is 0. The van der Waals surface area contributed by atoms with Gasteiger partial charge in [0.05, 0.1) is 6.17 Å². The SMILES string of the molecule is CCCCCCCCCCCCCCCCCC1N(CC)CCN1CC. The van der Waals surface area contributed by atoms with Gasteiger partial charge in [-0.3, -0.25) is 9.80 Å². The number of likely N-dealkylation sites (N-methyl/N-ethyl adjacent to an activating group) is 2. The smallest absolute Gasteiger partial charge is 0.0623 e. The van der Waals surface area contributed by atoms with Crippen LogP contribution >= 0.6 is 0 Å². The summed E-state index contributed by atoms with van der Waals surface area (Å²) in [5.74, 6) is 0. The second-order valence-electron chi connectivity index (χ2n) is 8.48. The molecule has 0 spiro atoms. The van der Waals surface area contributed by atoms with Crippen molar-refractivity contribution >= 4 is 0 Å². The maximum Gasteiger partial charge on any atom is 0.0623 e. The predicted octanol–water partition coefficient (Wildman–Crippen LogP) is 7.23. The highest BCUT2D eigenvalue weighted by Crippen LogP contribution is 2.20. The van der Waals surface area contributed by atoms with E-state index in [1.54, 1.807) is 0 Å². The maximum atomic E-state index is 2.67. The molecule has 2 nitrogen and oxygen atoms in total. The Hall–Kier alpha value is -0.0800. The number of nitrogens with zero attached hydrogens (tertiary/aromatic N) is 2. The first kappa shape index (κ1) is 24.0. The largest absolute Gasteiger partial charge is 0.287 e. The van der Waals surface area contributed by atoms with E-state index in [4.69, 9.17) is 0 Å². The summed E-state index contributed by atoms with van der Waals surface area (Å²) in [5, 5.41) is 0. The summed E-state index contributed by atoms with van der Waals surface area (Å²) in [6.07, 6.45) is 24.0. The molecule has 1 aliphatic rings. The van der Waals surface area contributed by atoms with Crippen LogP contribution in [0.2, 0.25) is 0 Å². The van der Waals surface area contributed by atoms with Crippen LogP contribution in [-0.2, 0) is 0 Å². The molecular weight excluding hydrogens is 316 g/mol. The van der Waals surface area contributed by atoms with Crippen LogP contribution in [0.5, 0.6) is 0 Å². The molecule has 1 fully saturated rings. The van der Waals surface area contributed by atoms with Crippen LogP contribution in [-0.4, -0.2) is 42.1 Å². The van der Waals surface area contributed by atoms with Crippen molar-refractivity contribution in [1.82, 2.24) is 9.80 Å². The summed E-state index contributed by atoms with van der Waals surface area (Å²) in [6, 6.07) is 0. The van der Waals surface area contributed by atoms with Crippen LogP contribution in [0, 0.1) is 0 Å². The van der Waals surface area contributed by atoms with Gasteiger partial charge < -0.3 is 0 Å². The molecule has 1 saturated heterocycles. The second kappa shape index (κ2) is 17.0. The lowest BCUT2D eigenvalue weighted by atomic mass is 10.0. The average Bonchev–Trinajstić information content (AvgIpc) is 3.06. The lowest BCUT2D eigenvalue weighted by Gasteiger charge is -2.28. The van der Waals surface area contributed by atoms with Gasteiger partial charge in [0.25, 0.3) is 0 Å². The molecule has 0 amide bonds. The van der Waals surface area contributed by atoms with Crippen LogP contribution in [0.25, 0.3) is 0 Å². The van der Waals surface area contributed by atoms with Crippen molar-refractivity contribution in [1.29, 1.82) is 0 Å². The molecule has 0 aliphatic carbocycles. The lowest BCUT2D eigenvalue weighted by Crippen LogP contribution is -2.38. The Labute approximate surface area is 166 Å². The molecule has 1 rings (SSSR count). The van der Waals surface area contributed by atoms with Crippen LogP contribution in [0.1, 0.15) is 124 Å². The van der Waals surface area contributed by atoms with Gasteiger partial charge >= 0.3 is 0 Å². The third kappa shape index (κ3) is 10.9. The van der Waals surface area contributed by atoms with Crippen molar-refractivity contribution in [2.75, 3.05) is 26.2 Å². The van der Waals surface area contributed by atoms with Crippen LogP contribution < -0.4 is 0 Å². The molecule has 0 aromatic heterocycles. The molecule has 1 heterocycles. The molecule has 0 saturated carbocycles. The Balaban J connectivity index is 1.82. The second-order valence-corrected chi connectivity index (χ2v) is 8.48. The molecule has 1 aliphatic heterocycles. The Morgan fingerprint density at radius 2 is 0.846 bits per heavy atom. The van der Waals surface area contributed by atoms with Crippen LogP contribution in [0.4, 0.5) is 0 Å². The summed E-state index contributed by atoms with van der Waals surface area (Å²) < 4.78 is 0. The average molecular weight is 367 g/mol. The van der Waals surface area contributed by atoms with Crippen molar-refractivity contribution in [3.05, 3.63) is 0 Å². The normalized spacial score (nSPS) is 16.7. The van der Waals surface area contributed by atoms with Crippen molar-refractivity contribution in [2.24, 2.45) is 0 Å². The summed E-state index contributed by atoms with van der Waals surface area (Å²) in [7, 11) is 0. The van der Waals surface area contributed by atoms with E-state index < -0.39 is 0 Å². The first-order valence-corrected chi connectivity index (χ1v) is 12.3. The molecule has 0 atom stereocenters. The molecule has 0 N–H and O–H groups in total. The zero-order chi connectivity index (χ0) is 18.9. The summed E-state index contributed by atoms with van der Waals surface area (Å²) in [6.45, 7) is 12.0. The highest BCUT2D eigenvalue weighted by molar-refractivity contribution is 4.80. The van der Waals surface area contributed by atoms with Crippen LogP contribution in [0.3, 0.4) is 0 Å². The first-order chi connectivity index (χ1) is 12.8. The van der Waals surface area contributed by atoms with Crippen molar-refractivity contribution in [3.63, 3.8) is 0 Å². The Morgan fingerprint density at radius 3 is 1.19 bits per heavy atom. The van der Waals surface area contributed by atoms with Crippen LogP contribution in [0.15, 0.2) is 0 Å². The standard InChI is InChI=1S/C24H50N2/c1-4-7-8-9-10-11-12-13-14-15-16-17-18-19-20-21-24-25(5-2)22-23-26(24)6-3/h24H,4-23H2,1-3H3. The van der Waals surface area contributed by atoms with Crippen molar-refractivity contribution in [2.45, 2.75) is 130 Å². The van der Waals surface area contributed by atoms with Gasteiger partial charge in [-0.2, -0.15) is 0 Å². The van der Waals surface area contributed by atoms with Gasteiger partial charge in [-0.1, -0.05) is 117 Å². The summed E-state index contributed by atoms with van der Waals surface area (Å²) in [4.78, 5) is 5.35. The van der Waals surface area contributed by atoms with E-state index in [9.17, 15) is 0 Å². The van der Waals surface area contributed by atoms with E-state index in [0.717, 1.165) is 6.17 Å². The molecule has 0 bridgehead atoms. The van der Waals surface area contributed by atoms with E-state index in [1.165, 1.54) is 129 Å². The number of unbranched alkanes of at least 4 members (excludes halogenated alkanes) is 14. The molecule has 2 heteroatoms. The Morgan fingerprint density at radius 1 is 0.500 bits per heavy atom. The Bertz CT molecular complexity index is 280. The van der Waals surface area contributed by atoms with Gasteiger partial charge in [-0.15, -0.1) is 0 Å². The topological polar surface area (TPSA) is 6.48 Å². The highest BCUT2D eigenvalue weighted by Gasteiger charge is 2.28. The van der Waals surface area contributed by atoms with Gasteiger partial charge in [-0.05, 0) is 19.5 Å². The summed E-state index contributed by atoms with van der Waals surface area (Å²) >= 11 is 0. The van der Waals surface area contributed by atoms with Gasteiger partial charge in [0.2, 0.25) is 0 Å². The molecule has 0 radical (unpaired) electrons. The zero-order valence-electron chi connectivity index (χ0n) is 18.6. The zero-order valence-corrected chi connectivity index (χ0v) is 18.6. The molecule has 156 valence electrons. The fourth-order valence-corrected chi connectivity index (χ4v) is 4.59. The lowest BCUT2D eigenvalue weighted by molar-refractivity contribution is 0.133. The molecule has 0 aromatic rings. The molecule has 26 heavy (non-hydrogen) atoms. The van der Waals surface area contributed by atoms with Gasteiger partial charge in [0, 0.05) is 13.1 Å². The third-order valence-electron chi connectivity index (χ3n) is 6.40. The first-order valence-electron chi connectivity index (χ1n) is 12.3. The van der Waals surface area contributed by atoms with E-state index in [1.807, 2.05) is 0 Å². The minimum absolute atomic E-state index is 0.743. The highest BCUT2D eigenvalue weighted by atomic mass is 15.4. The number of hydrogen-bond acceptors (Lipinski definition) is 2. The molecule has 0 aromatic carbocycles. The monoisotopic (exact) mass is 366 g/mol. The minimum atomic E-state index is 0.743. The third-order valence-corrected chi connectivity index (χ3v) is 6.40. The maximum absolute atomic E-state index is 2.67. The number of rotatable bonds is 18. The molecule has 0 unspecified atom stereocenters. The van der Waals surface area contributed by atoms with E-state index in [2.05, 4.69) is 30.6 Å². The van der Waals surface area contributed by atoms with Crippen molar-refractivity contribution in [3.8, 4) is 0 Å². The van der Waals surface area contributed by atoms with E-state index in [0.29, 0.717) is 0 Å². The Kier molecular flexibility index (Phi) is 15.7.